The van der Waals surface area contributed by atoms with Crippen molar-refractivity contribution in [3.8, 4) is 11.1 Å². The number of hydrogen-bond donors (Lipinski definition) is 0. The molecule has 0 unspecified atom stereocenters. The molecule has 0 N–H and O–H groups in total. The number of hydrogen-bond acceptors (Lipinski definition) is 2. The van der Waals surface area contributed by atoms with Crippen LogP contribution in [0.25, 0.3) is 28.1 Å². The molecule has 4 aromatic rings. The van der Waals surface area contributed by atoms with Gasteiger partial charge in [-0.3, -0.25) is 9.78 Å². The molecule has 1 aromatic heterocycles. The molecule has 5 rings (SSSR count). The molecule has 1 aliphatic rings. The third-order valence-electron chi connectivity index (χ3n) is 5.37. The van der Waals surface area contributed by atoms with Crippen LogP contribution in [0.3, 0.4) is 0 Å². The van der Waals surface area contributed by atoms with E-state index >= 15 is 0 Å². The van der Waals surface area contributed by atoms with E-state index in [0.29, 0.717) is 17.0 Å². The summed E-state index contributed by atoms with van der Waals surface area (Å²) in [6.45, 7) is 0. The van der Waals surface area contributed by atoms with Crippen LogP contribution in [-0.4, -0.2) is 10.8 Å². The zero-order valence-electron chi connectivity index (χ0n) is 15.7. The summed E-state index contributed by atoms with van der Waals surface area (Å²) in [6, 6.07) is 25.7. The summed E-state index contributed by atoms with van der Waals surface area (Å²) >= 11 is 6.31. The number of pyridine rings is 1. The van der Waals surface area contributed by atoms with Crippen molar-refractivity contribution in [2.45, 2.75) is 12.8 Å². The van der Waals surface area contributed by atoms with Gasteiger partial charge in [0.15, 0.2) is 5.78 Å². The summed E-state index contributed by atoms with van der Waals surface area (Å²) in [4.78, 5) is 18.4. The van der Waals surface area contributed by atoms with Gasteiger partial charge in [-0.1, -0.05) is 72.3 Å². The molecule has 2 nitrogen and oxygen atoms in total. The summed E-state index contributed by atoms with van der Waals surface area (Å²) in [5.74, 6) is 0.0586. The molecule has 29 heavy (non-hydrogen) atoms. The first-order valence-electron chi connectivity index (χ1n) is 9.68. The summed E-state index contributed by atoms with van der Waals surface area (Å²) in [5.41, 5.74) is 6.24. The molecule has 1 heterocycles. The molecule has 0 saturated heterocycles. The second kappa shape index (κ2) is 7.31. The fourth-order valence-electron chi connectivity index (χ4n) is 4.03. The predicted octanol–water partition coefficient (Wildman–Crippen LogP) is 6.77. The van der Waals surface area contributed by atoms with Crippen molar-refractivity contribution in [1.29, 1.82) is 0 Å². The van der Waals surface area contributed by atoms with Gasteiger partial charge in [-0.25, -0.2) is 0 Å². The average molecular weight is 396 g/mol. The second-order valence-electron chi connectivity index (χ2n) is 7.25. The second-order valence-corrected chi connectivity index (χ2v) is 7.68. The Morgan fingerprint density at radius 1 is 0.828 bits per heavy atom. The number of nitrogens with zero attached hydrogens (tertiary/aromatic N) is 1. The van der Waals surface area contributed by atoms with E-state index in [9.17, 15) is 4.79 Å². The van der Waals surface area contributed by atoms with E-state index in [4.69, 9.17) is 16.6 Å². The topological polar surface area (TPSA) is 30.0 Å². The van der Waals surface area contributed by atoms with Crippen molar-refractivity contribution in [2.24, 2.45) is 0 Å². The van der Waals surface area contributed by atoms with Gasteiger partial charge in [0, 0.05) is 21.5 Å². The number of Topliss-reactive ketones (excluding diaryl/α,β-unsaturated/α-hetero) is 1. The lowest BCUT2D eigenvalue weighted by molar-refractivity contribution is 0.102. The Bertz CT molecular complexity index is 1260. The minimum absolute atomic E-state index is 0.0586. The molecule has 3 aromatic carbocycles. The highest BCUT2D eigenvalue weighted by molar-refractivity contribution is 6.31. The third-order valence-corrected chi connectivity index (χ3v) is 5.61. The van der Waals surface area contributed by atoms with Gasteiger partial charge in [-0.2, -0.15) is 0 Å². The highest BCUT2D eigenvalue weighted by Crippen LogP contribution is 2.39. The van der Waals surface area contributed by atoms with Gasteiger partial charge in [-0.15, -0.1) is 0 Å². The van der Waals surface area contributed by atoms with Gasteiger partial charge in [0.1, 0.15) is 0 Å². The van der Waals surface area contributed by atoms with E-state index in [1.54, 1.807) is 0 Å². The number of halogens is 1. The molecule has 0 amide bonds. The van der Waals surface area contributed by atoms with Crippen LogP contribution in [0, 0.1) is 0 Å². The lowest BCUT2D eigenvalue weighted by Gasteiger charge is -2.22. The van der Waals surface area contributed by atoms with Crippen molar-refractivity contribution in [2.75, 3.05) is 0 Å². The first kappa shape index (κ1) is 17.8. The molecular formula is C26H18ClNO. The zero-order valence-corrected chi connectivity index (χ0v) is 16.5. The monoisotopic (exact) mass is 395 g/mol. The maximum absolute atomic E-state index is 13.6. The Kier molecular flexibility index (Phi) is 4.49. The van der Waals surface area contributed by atoms with E-state index in [-0.39, 0.29) is 5.78 Å². The number of benzene rings is 3. The molecule has 3 heteroatoms. The highest BCUT2D eigenvalue weighted by Gasteiger charge is 2.28. The average Bonchev–Trinajstić information content (AvgIpc) is 2.76. The van der Waals surface area contributed by atoms with Crippen LogP contribution >= 0.6 is 11.6 Å². The zero-order chi connectivity index (χ0) is 19.8. The first-order chi connectivity index (χ1) is 14.2. The standard InChI is InChI=1S/C26H18ClNO/c27-20-12-14-22-21(16-20)24(18-9-5-2-6-10-18)25-23(28-22)13-11-19(26(25)29)15-17-7-3-1-4-8-17/h1-10,12,14-16H,11,13H2/b19-15+. The number of aromatic nitrogens is 1. The van der Waals surface area contributed by atoms with Crippen LogP contribution in [-0.2, 0) is 6.42 Å². The lowest BCUT2D eigenvalue weighted by atomic mass is 9.83. The molecule has 140 valence electrons. The van der Waals surface area contributed by atoms with Crippen LogP contribution in [0.1, 0.15) is 28.0 Å². The molecule has 1 aliphatic carbocycles. The number of allylic oxidation sites excluding steroid dienone is 1. The number of aryl methyl sites for hydroxylation is 1. The van der Waals surface area contributed by atoms with Crippen molar-refractivity contribution >= 4 is 34.4 Å². The smallest absolute Gasteiger partial charge is 0.191 e. The van der Waals surface area contributed by atoms with E-state index in [0.717, 1.165) is 45.3 Å². The summed E-state index contributed by atoms with van der Waals surface area (Å²) in [5, 5.41) is 1.55. The molecule has 0 atom stereocenters. The molecule has 0 bridgehead atoms. The Hall–Kier alpha value is -3.23. The van der Waals surface area contributed by atoms with Gasteiger partial charge in [0.05, 0.1) is 16.8 Å². The van der Waals surface area contributed by atoms with Crippen molar-refractivity contribution in [3.05, 3.63) is 106 Å². The molecule has 0 fully saturated rings. The summed E-state index contributed by atoms with van der Waals surface area (Å²) < 4.78 is 0. The number of rotatable bonds is 2. The van der Waals surface area contributed by atoms with Gasteiger partial charge in [-0.05, 0) is 48.2 Å². The van der Waals surface area contributed by atoms with Crippen LogP contribution in [0.4, 0.5) is 0 Å². The maximum atomic E-state index is 13.6. The van der Waals surface area contributed by atoms with Gasteiger partial charge in [0.25, 0.3) is 0 Å². The van der Waals surface area contributed by atoms with E-state index in [1.165, 1.54) is 0 Å². The largest absolute Gasteiger partial charge is 0.289 e. The van der Waals surface area contributed by atoms with Gasteiger partial charge < -0.3 is 0 Å². The highest BCUT2D eigenvalue weighted by atomic mass is 35.5. The van der Waals surface area contributed by atoms with Crippen molar-refractivity contribution in [3.63, 3.8) is 0 Å². The quantitative estimate of drug-likeness (QED) is 0.350. The third kappa shape index (κ3) is 3.26. The Morgan fingerprint density at radius 3 is 2.31 bits per heavy atom. The van der Waals surface area contributed by atoms with E-state index in [2.05, 4.69) is 0 Å². The normalized spacial score (nSPS) is 14.9. The molecule has 0 radical (unpaired) electrons. The van der Waals surface area contributed by atoms with Gasteiger partial charge in [0.2, 0.25) is 0 Å². The van der Waals surface area contributed by atoms with E-state index in [1.807, 2.05) is 84.9 Å². The summed E-state index contributed by atoms with van der Waals surface area (Å²) in [6.07, 6.45) is 3.45. The molecule has 0 saturated carbocycles. The van der Waals surface area contributed by atoms with E-state index < -0.39 is 0 Å². The molecular weight excluding hydrogens is 378 g/mol. The first-order valence-corrected chi connectivity index (χ1v) is 10.1. The Labute approximate surface area is 174 Å². The predicted molar refractivity (Wildman–Crippen MR) is 119 cm³/mol. The Balaban J connectivity index is 1.77. The number of ketones is 1. The van der Waals surface area contributed by atoms with Crippen molar-refractivity contribution in [1.82, 2.24) is 4.98 Å². The van der Waals surface area contributed by atoms with Crippen LogP contribution in [0.15, 0.2) is 84.4 Å². The summed E-state index contributed by atoms with van der Waals surface area (Å²) in [7, 11) is 0. The lowest BCUT2D eigenvalue weighted by Crippen LogP contribution is -2.17. The molecule has 0 aliphatic heterocycles. The minimum Gasteiger partial charge on any atom is -0.289 e. The Morgan fingerprint density at radius 2 is 1.55 bits per heavy atom. The number of carbonyl (C=O) groups excluding carboxylic acids is 1. The minimum atomic E-state index is 0.0586. The maximum Gasteiger partial charge on any atom is 0.191 e. The van der Waals surface area contributed by atoms with Crippen LogP contribution < -0.4 is 0 Å². The van der Waals surface area contributed by atoms with Crippen LogP contribution in [0.2, 0.25) is 5.02 Å². The van der Waals surface area contributed by atoms with Crippen LogP contribution in [0.5, 0.6) is 0 Å². The number of fused-ring (bicyclic) bond motifs is 2. The SMILES string of the molecule is O=C1/C(=C/c2ccccc2)CCc2nc3ccc(Cl)cc3c(-c3ccccc3)c21. The fourth-order valence-corrected chi connectivity index (χ4v) is 4.20. The fraction of sp³-hybridized carbons (Fsp3) is 0.0769. The van der Waals surface area contributed by atoms with Crippen molar-refractivity contribution < 1.29 is 4.79 Å². The molecule has 0 spiro atoms. The van der Waals surface area contributed by atoms with Gasteiger partial charge >= 0.3 is 0 Å². The number of carbonyl (C=O) groups is 1.